The average Bonchev–Trinajstić information content (AvgIpc) is 3.54. The van der Waals surface area contributed by atoms with Gasteiger partial charge in [-0.2, -0.15) is 15.2 Å². The van der Waals surface area contributed by atoms with E-state index in [0.29, 0.717) is 30.5 Å². The lowest BCUT2D eigenvalue weighted by molar-refractivity contribution is 0.0796. The van der Waals surface area contributed by atoms with Crippen molar-refractivity contribution in [1.29, 1.82) is 0 Å². The highest BCUT2D eigenvalue weighted by Gasteiger charge is 2.34. The number of aryl methyl sites for hydroxylation is 1. The summed E-state index contributed by atoms with van der Waals surface area (Å²) in [6.07, 6.45) is 0.986. The van der Waals surface area contributed by atoms with Crippen LogP contribution in [0.2, 0.25) is 25.7 Å². The van der Waals surface area contributed by atoms with E-state index in [1.165, 1.54) is 4.90 Å². The highest BCUT2D eigenvalue weighted by molar-refractivity contribution is 6.76. The van der Waals surface area contributed by atoms with Gasteiger partial charge in [0.05, 0.1) is 29.5 Å². The number of benzene rings is 2. The Morgan fingerprint density at radius 3 is 2.60 bits per heavy atom. The van der Waals surface area contributed by atoms with Gasteiger partial charge in [0.2, 0.25) is 5.88 Å². The Morgan fingerprint density at radius 1 is 1.02 bits per heavy atom. The van der Waals surface area contributed by atoms with Crippen LogP contribution in [0.1, 0.15) is 5.56 Å². The SMILES string of the molecule is Cn1cc2cc(N3Cc4ccc(OCC(F)F)nc4N(c4ccc5c(cnn5COCC[Si](C)(C)C)c4)C3=O)ccc2n1. The number of fused-ring (bicyclic) bond motifs is 3. The molecule has 13 heteroatoms. The zero-order valence-corrected chi connectivity index (χ0v) is 25.5. The molecule has 0 N–H and O–H groups in total. The summed E-state index contributed by atoms with van der Waals surface area (Å²) in [6, 6.07) is 15.3. The summed E-state index contributed by atoms with van der Waals surface area (Å²) >= 11 is 0. The van der Waals surface area contributed by atoms with Crippen molar-refractivity contribution in [3.05, 3.63) is 66.5 Å². The van der Waals surface area contributed by atoms with E-state index in [-0.39, 0.29) is 18.5 Å². The van der Waals surface area contributed by atoms with E-state index in [1.54, 1.807) is 32.6 Å². The number of ether oxygens (including phenoxy) is 2. The van der Waals surface area contributed by atoms with Gasteiger partial charge in [-0.15, -0.1) is 0 Å². The molecular formula is C30H33F2N7O3Si. The van der Waals surface area contributed by atoms with Crippen molar-refractivity contribution in [2.75, 3.05) is 23.0 Å². The van der Waals surface area contributed by atoms with E-state index in [1.807, 2.05) is 49.6 Å². The molecule has 0 fully saturated rings. The molecule has 224 valence electrons. The third kappa shape index (κ3) is 6.08. The summed E-state index contributed by atoms with van der Waals surface area (Å²) in [7, 11) is 0.643. The molecule has 0 radical (unpaired) electrons. The molecule has 3 aromatic heterocycles. The molecule has 1 aliphatic rings. The molecule has 10 nitrogen and oxygen atoms in total. The van der Waals surface area contributed by atoms with Crippen LogP contribution in [-0.4, -0.2) is 58.3 Å². The standard InChI is InChI=1S/C30H33F2N7O3Si/c1-36-16-22-14-23(6-8-25(22)35-36)37-17-20-5-10-28(42-18-27(31)32)34-29(20)39(30(37)40)24-7-9-26-21(13-24)15-33-38(26)19-41-11-12-43(2,3)4/h5-10,13-16,27H,11-12,17-19H2,1-4H3. The predicted molar refractivity (Wildman–Crippen MR) is 164 cm³/mol. The number of aromatic nitrogens is 5. The molecule has 0 unspecified atom stereocenters. The number of carbonyl (C=O) groups excluding carboxylic acids is 1. The molecule has 2 amide bonds. The number of nitrogens with zero attached hydrogens (tertiary/aromatic N) is 7. The Hall–Kier alpha value is -4.36. The Balaban J connectivity index is 1.35. The van der Waals surface area contributed by atoms with Gasteiger partial charge in [0.25, 0.3) is 6.43 Å². The molecule has 0 saturated heterocycles. The molecule has 2 aromatic carbocycles. The van der Waals surface area contributed by atoms with E-state index in [9.17, 15) is 13.6 Å². The number of amides is 2. The first-order valence-corrected chi connectivity index (χ1v) is 17.8. The molecule has 43 heavy (non-hydrogen) atoms. The topological polar surface area (TPSA) is 90.5 Å². The van der Waals surface area contributed by atoms with Crippen molar-refractivity contribution in [3.8, 4) is 5.88 Å². The maximum absolute atomic E-state index is 14.2. The fourth-order valence-corrected chi connectivity index (χ4v) is 5.80. The highest BCUT2D eigenvalue weighted by Crippen LogP contribution is 2.38. The average molecular weight is 606 g/mol. The molecule has 0 atom stereocenters. The Bertz CT molecular complexity index is 1800. The monoisotopic (exact) mass is 605 g/mol. The van der Waals surface area contributed by atoms with Gasteiger partial charge in [-0.05, 0) is 48.5 Å². The first kappa shape index (κ1) is 28.7. The summed E-state index contributed by atoms with van der Waals surface area (Å²) in [4.78, 5) is 21.9. The Kier molecular flexibility index (Phi) is 7.60. The molecule has 0 aliphatic carbocycles. The van der Waals surface area contributed by atoms with Gasteiger partial charge >= 0.3 is 6.03 Å². The largest absolute Gasteiger partial charge is 0.472 e. The zero-order chi connectivity index (χ0) is 30.3. The van der Waals surface area contributed by atoms with Crippen LogP contribution in [0.4, 0.5) is 30.8 Å². The lowest BCUT2D eigenvalue weighted by atomic mass is 10.1. The van der Waals surface area contributed by atoms with Crippen LogP contribution in [0.15, 0.2) is 60.9 Å². The summed E-state index contributed by atoms with van der Waals surface area (Å²) < 4.78 is 40.4. The van der Waals surface area contributed by atoms with Crippen LogP contribution < -0.4 is 14.5 Å². The van der Waals surface area contributed by atoms with Gasteiger partial charge in [-0.1, -0.05) is 19.6 Å². The number of alkyl halides is 2. The summed E-state index contributed by atoms with van der Waals surface area (Å²) in [6.45, 7) is 7.38. The summed E-state index contributed by atoms with van der Waals surface area (Å²) in [5.41, 5.74) is 3.68. The van der Waals surface area contributed by atoms with Crippen molar-refractivity contribution >= 4 is 53.1 Å². The number of carbonyl (C=O) groups is 1. The van der Waals surface area contributed by atoms with Crippen LogP contribution in [0.25, 0.3) is 21.8 Å². The Labute approximate surface area is 248 Å². The van der Waals surface area contributed by atoms with E-state index < -0.39 is 21.1 Å². The second-order valence-corrected chi connectivity index (χ2v) is 17.4. The third-order valence-corrected chi connectivity index (χ3v) is 8.96. The van der Waals surface area contributed by atoms with Crippen LogP contribution >= 0.6 is 0 Å². The van der Waals surface area contributed by atoms with Crippen molar-refractivity contribution in [1.82, 2.24) is 24.5 Å². The van der Waals surface area contributed by atoms with Gasteiger partial charge in [-0.25, -0.2) is 23.2 Å². The first-order valence-electron chi connectivity index (χ1n) is 14.0. The molecule has 0 spiro atoms. The van der Waals surface area contributed by atoms with Gasteiger partial charge in [0.15, 0.2) is 6.61 Å². The van der Waals surface area contributed by atoms with Crippen molar-refractivity contribution in [3.63, 3.8) is 0 Å². The third-order valence-electron chi connectivity index (χ3n) is 7.26. The molecule has 4 heterocycles. The summed E-state index contributed by atoms with van der Waals surface area (Å²) in [5.74, 6) is 0.350. The molecule has 1 aliphatic heterocycles. The second kappa shape index (κ2) is 11.4. The van der Waals surface area contributed by atoms with Gasteiger partial charge in [-0.3, -0.25) is 9.58 Å². The van der Waals surface area contributed by atoms with E-state index >= 15 is 0 Å². The van der Waals surface area contributed by atoms with Crippen LogP contribution in [0.5, 0.6) is 5.88 Å². The smallest absolute Gasteiger partial charge is 0.335 e. The van der Waals surface area contributed by atoms with E-state index in [2.05, 4.69) is 34.8 Å². The van der Waals surface area contributed by atoms with Gasteiger partial charge in [0, 0.05) is 56.0 Å². The molecule has 0 saturated carbocycles. The van der Waals surface area contributed by atoms with E-state index in [0.717, 1.165) is 33.4 Å². The lowest BCUT2D eigenvalue weighted by Gasteiger charge is -2.36. The number of urea groups is 1. The zero-order valence-electron chi connectivity index (χ0n) is 24.5. The van der Waals surface area contributed by atoms with Crippen molar-refractivity contribution in [2.24, 2.45) is 7.05 Å². The number of halogens is 2. The van der Waals surface area contributed by atoms with Crippen molar-refractivity contribution in [2.45, 2.75) is 45.4 Å². The van der Waals surface area contributed by atoms with Crippen LogP contribution in [0, 0.1) is 0 Å². The fourth-order valence-electron chi connectivity index (χ4n) is 5.04. The predicted octanol–water partition coefficient (Wildman–Crippen LogP) is 6.55. The highest BCUT2D eigenvalue weighted by atomic mass is 28.3. The maximum Gasteiger partial charge on any atom is 0.335 e. The minimum atomic E-state index is -2.65. The molecule has 5 aromatic rings. The van der Waals surface area contributed by atoms with Crippen LogP contribution in [-0.2, 0) is 25.1 Å². The normalized spacial score (nSPS) is 13.9. The minimum absolute atomic E-state index is 0.0199. The van der Waals surface area contributed by atoms with Gasteiger partial charge in [0.1, 0.15) is 12.5 Å². The van der Waals surface area contributed by atoms with E-state index in [4.69, 9.17) is 9.47 Å². The minimum Gasteiger partial charge on any atom is -0.472 e. The number of pyridine rings is 1. The summed E-state index contributed by atoms with van der Waals surface area (Å²) in [5, 5.41) is 10.7. The molecular weight excluding hydrogens is 572 g/mol. The Morgan fingerprint density at radius 2 is 1.81 bits per heavy atom. The number of hydrogen-bond donors (Lipinski definition) is 0. The maximum atomic E-state index is 14.2. The number of hydrogen-bond acceptors (Lipinski definition) is 6. The fraction of sp³-hybridized carbons (Fsp3) is 0.333. The first-order chi connectivity index (χ1) is 20.6. The van der Waals surface area contributed by atoms with Crippen molar-refractivity contribution < 1.29 is 23.0 Å². The van der Waals surface area contributed by atoms with Gasteiger partial charge < -0.3 is 9.47 Å². The quantitative estimate of drug-likeness (QED) is 0.132. The molecule has 6 rings (SSSR count). The lowest BCUT2D eigenvalue weighted by Crippen LogP contribution is -2.45. The second-order valence-electron chi connectivity index (χ2n) is 11.8. The number of anilines is 3. The molecule has 0 bridgehead atoms. The number of rotatable bonds is 10. The van der Waals surface area contributed by atoms with Crippen LogP contribution in [0.3, 0.4) is 0 Å².